The van der Waals surface area contributed by atoms with E-state index in [1.165, 1.54) is 26.4 Å². The van der Waals surface area contributed by atoms with Crippen LogP contribution in [-0.4, -0.2) is 23.0 Å². The van der Waals surface area contributed by atoms with E-state index in [1.54, 1.807) is 0 Å². The monoisotopic (exact) mass is 277 g/mol. The number of rotatable bonds is 4. The maximum Gasteiger partial charge on any atom is 0.186 e. The van der Waals surface area contributed by atoms with Crippen molar-refractivity contribution in [3.8, 4) is 17.6 Å². The van der Waals surface area contributed by atoms with Crippen LogP contribution < -0.4 is 9.47 Å². The molecule has 0 saturated carbocycles. The molecule has 0 aliphatic carbocycles. The summed E-state index contributed by atoms with van der Waals surface area (Å²) in [4.78, 5) is 0.166. The molecule has 17 heavy (non-hydrogen) atoms. The number of halogens is 1. The zero-order valence-corrected chi connectivity index (χ0v) is 10.9. The Hall–Kier alpha value is -1.29. The minimum atomic E-state index is -2.15. The van der Waals surface area contributed by atoms with E-state index >= 15 is 0 Å². The van der Waals surface area contributed by atoms with Crippen LogP contribution in [0.4, 0.5) is 0 Å². The Balaban J connectivity index is 0.00000256. The molecule has 0 heterocycles. The molecule has 0 saturated heterocycles. The second kappa shape index (κ2) is 7.12. The van der Waals surface area contributed by atoms with Gasteiger partial charge in [0.05, 0.1) is 31.6 Å². The van der Waals surface area contributed by atoms with Crippen LogP contribution in [-0.2, 0) is 17.5 Å². The molecule has 0 spiro atoms. The Morgan fingerprint density at radius 2 is 1.88 bits per heavy atom. The van der Waals surface area contributed by atoms with Gasteiger partial charge in [-0.3, -0.25) is 0 Å². The standard InChI is InChI=1S/C10H11NO4S.ClH/c1-14-8-5-7(3-4-11)10(16(12)13)6-9(8)15-2;/h5-6H,3H2,1-2H3,(H,12,13);1H. The van der Waals surface area contributed by atoms with Crippen LogP contribution in [0, 0.1) is 11.3 Å². The van der Waals surface area contributed by atoms with Crippen molar-refractivity contribution in [2.24, 2.45) is 0 Å². The highest BCUT2D eigenvalue weighted by Crippen LogP contribution is 2.31. The van der Waals surface area contributed by atoms with Gasteiger partial charge in [-0.1, -0.05) is 0 Å². The first-order chi connectivity index (χ1) is 7.63. The molecule has 0 aliphatic heterocycles. The van der Waals surface area contributed by atoms with Crippen LogP contribution in [0.1, 0.15) is 5.56 Å². The Kier molecular flexibility index (Phi) is 6.58. The molecule has 0 aromatic heterocycles. The number of methoxy groups -OCH3 is 2. The summed E-state index contributed by atoms with van der Waals surface area (Å²) >= 11 is -2.15. The lowest BCUT2D eigenvalue weighted by atomic mass is 10.1. The van der Waals surface area contributed by atoms with Gasteiger partial charge in [-0.2, -0.15) is 5.26 Å². The van der Waals surface area contributed by atoms with Gasteiger partial charge in [-0.15, -0.1) is 12.4 Å². The van der Waals surface area contributed by atoms with Crippen molar-refractivity contribution in [2.75, 3.05) is 14.2 Å². The molecule has 1 atom stereocenters. The fourth-order valence-corrected chi connectivity index (χ4v) is 1.85. The zero-order chi connectivity index (χ0) is 12.1. The van der Waals surface area contributed by atoms with Gasteiger partial charge >= 0.3 is 0 Å². The summed E-state index contributed by atoms with van der Waals surface area (Å²) in [6.07, 6.45) is 0.0436. The second-order valence-corrected chi connectivity index (χ2v) is 3.84. The van der Waals surface area contributed by atoms with E-state index in [9.17, 15) is 4.21 Å². The molecule has 1 aromatic rings. The summed E-state index contributed by atoms with van der Waals surface area (Å²) in [5.74, 6) is 0.795. The lowest BCUT2D eigenvalue weighted by Gasteiger charge is -2.11. The van der Waals surface area contributed by atoms with Crippen LogP contribution in [0.5, 0.6) is 11.5 Å². The van der Waals surface area contributed by atoms with E-state index in [1.807, 2.05) is 6.07 Å². The van der Waals surface area contributed by atoms with Crippen LogP contribution in [0.15, 0.2) is 17.0 Å². The first-order valence-corrected chi connectivity index (χ1v) is 5.47. The van der Waals surface area contributed by atoms with Gasteiger partial charge in [-0.25, -0.2) is 4.21 Å². The highest BCUT2D eigenvalue weighted by atomic mass is 35.5. The summed E-state index contributed by atoms with van der Waals surface area (Å²) in [6, 6.07) is 4.86. The third kappa shape index (κ3) is 3.60. The number of nitriles is 1. The second-order valence-electron chi connectivity index (χ2n) is 2.90. The summed E-state index contributed by atoms with van der Waals surface area (Å²) in [5, 5.41) is 8.61. The van der Waals surface area contributed by atoms with Gasteiger partial charge in [0.15, 0.2) is 22.6 Å². The molecule has 5 nitrogen and oxygen atoms in total. The molecule has 7 heteroatoms. The maximum absolute atomic E-state index is 11.1. The van der Waals surface area contributed by atoms with Gasteiger partial charge in [-0.05, 0) is 11.6 Å². The van der Waals surface area contributed by atoms with Gasteiger partial charge in [0.25, 0.3) is 0 Å². The average molecular weight is 278 g/mol. The Morgan fingerprint density at radius 3 is 2.29 bits per heavy atom. The minimum Gasteiger partial charge on any atom is -0.493 e. The number of ether oxygens (including phenoxy) is 2. The summed E-state index contributed by atoms with van der Waals surface area (Å²) in [5.41, 5.74) is 0.459. The summed E-state index contributed by atoms with van der Waals surface area (Å²) in [6.45, 7) is 0. The van der Waals surface area contributed by atoms with E-state index in [2.05, 4.69) is 0 Å². The molecular formula is C10H12ClNO4S. The van der Waals surface area contributed by atoms with Gasteiger partial charge in [0.2, 0.25) is 0 Å². The van der Waals surface area contributed by atoms with Crippen molar-refractivity contribution in [1.82, 2.24) is 0 Å². The topological polar surface area (TPSA) is 79.5 Å². The van der Waals surface area contributed by atoms with Gasteiger partial charge in [0.1, 0.15) is 0 Å². The fourth-order valence-electron chi connectivity index (χ4n) is 1.29. The first kappa shape index (κ1) is 15.7. The van der Waals surface area contributed by atoms with Crippen molar-refractivity contribution in [2.45, 2.75) is 11.3 Å². The average Bonchev–Trinajstić information content (AvgIpc) is 2.28. The van der Waals surface area contributed by atoms with Crippen molar-refractivity contribution < 1.29 is 18.2 Å². The van der Waals surface area contributed by atoms with Crippen LogP contribution in [0.3, 0.4) is 0 Å². The lowest BCUT2D eigenvalue weighted by Crippen LogP contribution is -1.99. The quantitative estimate of drug-likeness (QED) is 0.849. The number of hydrogen-bond acceptors (Lipinski definition) is 4. The van der Waals surface area contributed by atoms with Gasteiger partial charge < -0.3 is 14.0 Å². The highest BCUT2D eigenvalue weighted by molar-refractivity contribution is 7.79. The molecule has 0 aliphatic rings. The van der Waals surface area contributed by atoms with Gasteiger partial charge in [0, 0.05) is 6.07 Å². The van der Waals surface area contributed by atoms with E-state index in [-0.39, 0.29) is 23.7 Å². The predicted octanol–water partition coefficient (Wildman–Crippen LogP) is 1.77. The predicted molar refractivity (Wildman–Crippen MR) is 65.1 cm³/mol. The Morgan fingerprint density at radius 1 is 1.35 bits per heavy atom. The molecule has 94 valence electrons. The maximum atomic E-state index is 11.1. The third-order valence-corrected chi connectivity index (χ3v) is 2.78. The summed E-state index contributed by atoms with van der Waals surface area (Å²) < 4.78 is 30.2. The van der Waals surface area contributed by atoms with Crippen molar-refractivity contribution >= 4 is 23.5 Å². The molecule has 1 N–H and O–H groups in total. The van der Waals surface area contributed by atoms with Crippen LogP contribution in [0.25, 0.3) is 0 Å². The number of benzene rings is 1. The molecule has 0 bridgehead atoms. The minimum absolute atomic E-state index is 0. The summed E-state index contributed by atoms with van der Waals surface area (Å²) in [7, 11) is 2.90. The van der Waals surface area contributed by atoms with E-state index in [0.29, 0.717) is 17.1 Å². The number of hydrogen-bond donors (Lipinski definition) is 1. The molecule has 1 unspecified atom stereocenters. The van der Waals surface area contributed by atoms with Crippen LogP contribution in [0.2, 0.25) is 0 Å². The van der Waals surface area contributed by atoms with Crippen LogP contribution >= 0.6 is 12.4 Å². The van der Waals surface area contributed by atoms with Crippen molar-refractivity contribution in [1.29, 1.82) is 5.26 Å². The lowest BCUT2D eigenvalue weighted by molar-refractivity contribution is 0.353. The van der Waals surface area contributed by atoms with E-state index in [0.717, 1.165) is 0 Å². The highest BCUT2D eigenvalue weighted by Gasteiger charge is 2.14. The van der Waals surface area contributed by atoms with E-state index in [4.69, 9.17) is 19.3 Å². The smallest absolute Gasteiger partial charge is 0.186 e. The molecule has 0 amide bonds. The van der Waals surface area contributed by atoms with E-state index < -0.39 is 11.1 Å². The molecule has 1 aromatic carbocycles. The molecule has 0 fully saturated rings. The largest absolute Gasteiger partial charge is 0.493 e. The molecular weight excluding hydrogens is 266 g/mol. The van der Waals surface area contributed by atoms with Crippen molar-refractivity contribution in [3.05, 3.63) is 17.7 Å². The fraction of sp³-hybridized carbons (Fsp3) is 0.300. The normalized spacial score (nSPS) is 10.9. The van der Waals surface area contributed by atoms with Crippen molar-refractivity contribution in [3.63, 3.8) is 0 Å². The molecule has 0 radical (unpaired) electrons. The molecule has 1 rings (SSSR count). The Labute approximate surface area is 108 Å². The third-order valence-electron chi connectivity index (χ3n) is 2.02. The number of nitrogens with zero attached hydrogens (tertiary/aromatic N) is 1. The first-order valence-electron chi connectivity index (χ1n) is 4.36. The zero-order valence-electron chi connectivity index (χ0n) is 9.30. The SMILES string of the molecule is COc1cc(CC#N)c(S(=O)O)cc1OC.Cl. The Bertz CT molecular complexity index is 458.